The molecule has 4 nitrogen and oxygen atoms in total. The van der Waals surface area contributed by atoms with Gasteiger partial charge in [0.15, 0.2) is 0 Å². The summed E-state index contributed by atoms with van der Waals surface area (Å²) in [5, 5.41) is 21.9. The third-order valence-electron chi connectivity index (χ3n) is 4.64. The van der Waals surface area contributed by atoms with Crippen molar-refractivity contribution in [1.82, 2.24) is 4.98 Å². The number of fused-ring (bicyclic) bond motifs is 1. The molecule has 0 saturated heterocycles. The summed E-state index contributed by atoms with van der Waals surface area (Å²) in [7, 11) is 0. The number of nitrogens with one attached hydrogen (secondary N) is 1. The number of aromatic hydroxyl groups is 2. The van der Waals surface area contributed by atoms with Crippen LogP contribution in [0.25, 0.3) is 10.9 Å². The van der Waals surface area contributed by atoms with Crippen LogP contribution in [0.1, 0.15) is 34.7 Å². The quantitative estimate of drug-likeness (QED) is 0.681. The van der Waals surface area contributed by atoms with Gasteiger partial charge in [0.05, 0.1) is 0 Å². The highest BCUT2D eigenvalue weighted by Crippen LogP contribution is 2.39. The van der Waals surface area contributed by atoms with Gasteiger partial charge in [-0.05, 0) is 43.5 Å². The van der Waals surface area contributed by atoms with Gasteiger partial charge in [-0.15, -0.1) is 0 Å². The Balaban J connectivity index is 2.17. The molecule has 0 spiro atoms. The first-order valence-corrected chi connectivity index (χ1v) is 7.97. The van der Waals surface area contributed by atoms with Gasteiger partial charge in [0.2, 0.25) is 0 Å². The molecule has 1 aromatic heterocycles. The monoisotopic (exact) mass is 323 g/mol. The van der Waals surface area contributed by atoms with Gasteiger partial charge in [-0.2, -0.15) is 0 Å². The second kappa shape index (κ2) is 6.04. The number of ketones is 1. The topological polar surface area (TPSA) is 73.3 Å². The average molecular weight is 323 g/mol. The molecule has 24 heavy (non-hydrogen) atoms. The molecule has 0 aliphatic heterocycles. The maximum atomic E-state index is 11.7. The molecule has 4 heteroatoms. The zero-order chi connectivity index (χ0) is 17.4. The molecule has 1 heterocycles. The zero-order valence-electron chi connectivity index (χ0n) is 14.1. The number of carbonyl (C=O) groups is 1. The molecule has 0 aliphatic carbocycles. The smallest absolute Gasteiger partial charge is 0.134 e. The first-order chi connectivity index (χ1) is 11.4. The van der Waals surface area contributed by atoms with Gasteiger partial charge >= 0.3 is 0 Å². The van der Waals surface area contributed by atoms with Crippen LogP contribution in [0.3, 0.4) is 0 Å². The summed E-state index contributed by atoms with van der Waals surface area (Å²) in [6.07, 6.45) is 2.63. The van der Waals surface area contributed by atoms with E-state index >= 15 is 0 Å². The van der Waals surface area contributed by atoms with E-state index in [2.05, 4.69) is 4.98 Å². The SMILES string of the molecule is CC(=O)Cc1c(C)c(O)c(C)c(O)c1Cc1c[nH]c2ccccc12. The Hall–Kier alpha value is -2.75. The molecule has 0 amide bonds. The minimum absolute atomic E-state index is 0.000861. The normalized spacial score (nSPS) is 11.1. The molecular weight excluding hydrogens is 302 g/mol. The summed E-state index contributed by atoms with van der Waals surface area (Å²) < 4.78 is 0. The lowest BCUT2D eigenvalue weighted by atomic mass is 9.89. The fourth-order valence-corrected chi connectivity index (χ4v) is 3.28. The van der Waals surface area contributed by atoms with Gasteiger partial charge in [-0.1, -0.05) is 18.2 Å². The number of benzene rings is 2. The maximum absolute atomic E-state index is 11.7. The molecule has 0 fully saturated rings. The first-order valence-electron chi connectivity index (χ1n) is 7.97. The Kier molecular flexibility index (Phi) is 4.06. The summed E-state index contributed by atoms with van der Waals surface area (Å²) in [5.41, 5.74) is 4.63. The lowest BCUT2D eigenvalue weighted by Gasteiger charge is -2.18. The molecule has 0 bridgehead atoms. The number of aromatic amines is 1. The second-order valence-electron chi connectivity index (χ2n) is 6.32. The van der Waals surface area contributed by atoms with E-state index < -0.39 is 0 Å². The van der Waals surface area contributed by atoms with Crippen molar-refractivity contribution in [3.05, 3.63) is 58.3 Å². The predicted octanol–water partition coefficient (Wildman–Crippen LogP) is 3.92. The molecule has 124 valence electrons. The van der Waals surface area contributed by atoms with Gasteiger partial charge in [-0.25, -0.2) is 0 Å². The number of hydrogen-bond donors (Lipinski definition) is 3. The Bertz CT molecular complexity index is 938. The number of H-pyrrole nitrogens is 1. The van der Waals surface area contributed by atoms with Gasteiger partial charge < -0.3 is 15.2 Å². The molecule has 0 aliphatic rings. The molecular formula is C20H21NO3. The highest BCUT2D eigenvalue weighted by molar-refractivity contribution is 5.84. The average Bonchev–Trinajstić information content (AvgIpc) is 2.97. The van der Waals surface area contributed by atoms with E-state index in [1.54, 1.807) is 13.8 Å². The van der Waals surface area contributed by atoms with E-state index in [1.807, 2.05) is 30.5 Å². The standard InChI is InChI=1S/C20H21NO3/c1-11(22)8-16-12(2)19(23)13(3)20(24)17(16)9-14-10-21-18-7-5-4-6-15(14)18/h4-7,10,21,23-24H,8-9H2,1-3H3. The number of Topliss-reactive ketones (excluding diaryl/α,β-unsaturated/α-hetero) is 1. The van der Waals surface area contributed by atoms with E-state index in [1.165, 1.54) is 6.92 Å². The number of hydrogen-bond acceptors (Lipinski definition) is 3. The van der Waals surface area contributed by atoms with Gasteiger partial charge in [-0.3, -0.25) is 4.79 Å². The van der Waals surface area contributed by atoms with Gasteiger partial charge in [0.25, 0.3) is 0 Å². The first kappa shape index (κ1) is 16.1. The van der Waals surface area contributed by atoms with Crippen LogP contribution in [-0.4, -0.2) is 21.0 Å². The summed E-state index contributed by atoms with van der Waals surface area (Å²) in [6, 6.07) is 7.98. The van der Waals surface area contributed by atoms with Crippen LogP contribution in [0.5, 0.6) is 11.5 Å². The highest BCUT2D eigenvalue weighted by Gasteiger charge is 2.21. The van der Waals surface area contributed by atoms with Crippen LogP contribution in [0.15, 0.2) is 30.5 Å². The lowest BCUT2D eigenvalue weighted by Crippen LogP contribution is -2.06. The van der Waals surface area contributed by atoms with Crippen LogP contribution < -0.4 is 0 Å². The van der Waals surface area contributed by atoms with E-state index in [0.29, 0.717) is 28.7 Å². The van der Waals surface area contributed by atoms with Crippen molar-refractivity contribution in [3.63, 3.8) is 0 Å². The summed E-state index contributed by atoms with van der Waals surface area (Å²) in [4.78, 5) is 14.9. The summed E-state index contributed by atoms with van der Waals surface area (Å²) in [6.45, 7) is 5.00. The van der Waals surface area contributed by atoms with Gasteiger partial charge in [0, 0.05) is 41.1 Å². The Labute approximate surface area is 140 Å². The van der Waals surface area contributed by atoms with Crippen molar-refractivity contribution < 1.29 is 15.0 Å². The minimum Gasteiger partial charge on any atom is -0.507 e. The Morgan fingerprint density at radius 1 is 1.04 bits per heavy atom. The third kappa shape index (κ3) is 2.64. The van der Waals surface area contributed by atoms with Crippen LogP contribution in [0.4, 0.5) is 0 Å². The fraction of sp³-hybridized carbons (Fsp3) is 0.250. The van der Waals surface area contributed by atoms with Crippen molar-refractivity contribution in [2.45, 2.75) is 33.6 Å². The Morgan fingerprint density at radius 2 is 1.75 bits per heavy atom. The van der Waals surface area contributed by atoms with Crippen molar-refractivity contribution in [3.8, 4) is 11.5 Å². The van der Waals surface area contributed by atoms with Crippen LogP contribution in [0, 0.1) is 13.8 Å². The van der Waals surface area contributed by atoms with E-state index in [0.717, 1.165) is 16.5 Å². The number of phenols is 2. The van der Waals surface area contributed by atoms with Crippen LogP contribution in [0.2, 0.25) is 0 Å². The van der Waals surface area contributed by atoms with E-state index in [4.69, 9.17) is 0 Å². The molecule has 0 unspecified atom stereocenters. The number of phenolic OH excluding ortho intramolecular Hbond substituents is 2. The molecule has 3 N–H and O–H groups in total. The number of carbonyl (C=O) groups excluding carboxylic acids is 1. The van der Waals surface area contributed by atoms with Crippen LogP contribution >= 0.6 is 0 Å². The van der Waals surface area contributed by atoms with Crippen molar-refractivity contribution >= 4 is 16.7 Å². The van der Waals surface area contributed by atoms with E-state index in [9.17, 15) is 15.0 Å². The Morgan fingerprint density at radius 3 is 2.46 bits per heavy atom. The summed E-state index contributed by atoms with van der Waals surface area (Å²) in [5.74, 6) is 0.131. The summed E-state index contributed by atoms with van der Waals surface area (Å²) >= 11 is 0. The molecule has 0 saturated carbocycles. The predicted molar refractivity (Wildman–Crippen MR) is 94.7 cm³/mol. The lowest BCUT2D eigenvalue weighted by molar-refractivity contribution is -0.116. The van der Waals surface area contributed by atoms with E-state index in [-0.39, 0.29) is 23.7 Å². The third-order valence-corrected chi connectivity index (χ3v) is 4.64. The zero-order valence-corrected chi connectivity index (χ0v) is 14.1. The number of para-hydroxylation sites is 1. The molecule has 0 atom stereocenters. The number of aromatic nitrogens is 1. The molecule has 3 rings (SSSR count). The highest BCUT2D eigenvalue weighted by atomic mass is 16.3. The van der Waals surface area contributed by atoms with Crippen molar-refractivity contribution in [1.29, 1.82) is 0 Å². The number of rotatable bonds is 4. The van der Waals surface area contributed by atoms with Crippen molar-refractivity contribution in [2.24, 2.45) is 0 Å². The fourth-order valence-electron chi connectivity index (χ4n) is 3.28. The molecule has 0 radical (unpaired) electrons. The maximum Gasteiger partial charge on any atom is 0.134 e. The second-order valence-corrected chi connectivity index (χ2v) is 6.32. The largest absolute Gasteiger partial charge is 0.507 e. The van der Waals surface area contributed by atoms with Gasteiger partial charge in [0.1, 0.15) is 17.3 Å². The van der Waals surface area contributed by atoms with Crippen molar-refractivity contribution in [2.75, 3.05) is 0 Å². The minimum atomic E-state index is 0.000861. The van der Waals surface area contributed by atoms with Crippen LogP contribution in [-0.2, 0) is 17.6 Å². The molecule has 2 aromatic carbocycles. The molecule has 3 aromatic rings.